The number of urea groups is 1. The number of benzene rings is 1. The van der Waals surface area contributed by atoms with Gasteiger partial charge in [0.05, 0.1) is 13.0 Å². The molecule has 1 rings (SSSR count). The summed E-state index contributed by atoms with van der Waals surface area (Å²) in [4.78, 5) is 23.4. The maximum Gasteiger partial charge on any atom is 0.321 e. The standard InChI is InChI=1S/C12H16N2O4/c1-14(6-7-15)12(18)13-10-4-2-9(3-5-10)8-11(16)17/h2-5,15H,6-8H2,1H3,(H,13,18)(H,16,17). The van der Waals surface area contributed by atoms with Crippen LogP contribution in [0.4, 0.5) is 10.5 Å². The predicted molar refractivity (Wildman–Crippen MR) is 66.5 cm³/mol. The molecule has 0 spiro atoms. The molecule has 0 heterocycles. The van der Waals surface area contributed by atoms with E-state index in [4.69, 9.17) is 10.2 Å². The zero-order valence-electron chi connectivity index (χ0n) is 10.1. The monoisotopic (exact) mass is 252 g/mol. The lowest BCUT2D eigenvalue weighted by molar-refractivity contribution is -0.136. The van der Waals surface area contributed by atoms with E-state index >= 15 is 0 Å². The van der Waals surface area contributed by atoms with Crippen LogP contribution in [0.2, 0.25) is 0 Å². The first-order valence-corrected chi connectivity index (χ1v) is 5.46. The summed E-state index contributed by atoms with van der Waals surface area (Å²) in [6, 6.07) is 6.26. The molecule has 0 bridgehead atoms. The van der Waals surface area contributed by atoms with Gasteiger partial charge in [0, 0.05) is 19.3 Å². The van der Waals surface area contributed by atoms with Crippen molar-refractivity contribution in [1.29, 1.82) is 0 Å². The molecule has 6 heteroatoms. The van der Waals surface area contributed by atoms with E-state index in [-0.39, 0.29) is 25.6 Å². The van der Waals surface area contributed by atoms with Crippen molar-refractivity contribution in [3.8, 4) is 0 Å². The zero-order chi connectivity index (χ0) is 13.5. The van der Waals surface area contributed by atoms with Crippen molar-refractivity contribution in [1.82, 2.24) is 4.90 Å². The Morgan fingerprint density at radius 3 is 2.39 bits per heavy atom. The normalized spacial score (nSPS) is 9.89. The van der Waals surface area contributed by atoms with Crippen molar-refractivity contribution in [2.75, 3.05) is 25.5 Å². The second-order valence-electron chi connectivity index (χ2n) is 3.84. The summed E-state index contributed by atoms with van der Waals surface area (Å²) in [6.45, 7) is 0.157. The van der Waals surface area contributed by atoms with E-state index < -0.39 is 5.97 Å². The lowest BCUT2D eigenvalue weighted by atomic mass is 10.1. The maximum absolute atomic E-state index is 11.6. The minimum absolute atomic E-state index is 0.0430. The van der Waals surface area contributed by atoms with Crippen LogP contribution in [-0.4, -0.2) is 47.3 Å². The number of carboxylic acid groups (broad SMARTS) is 1. The Morgan fingerprint density at radius 2 is 1.89 bits per heavy atom. The third kappa shape index (κ3) is 4.42. The lowest BCUT2D eigenvalue weighted by Gasteiger charge is -2.16. The first kappa shape index (κ1) is 14.0. The molecule has 1 aromatic rings. The lowest BCUT2D eigenvalue weighted by Crippen LogP contribution is -2.33. The molecule has 0 aliphatic carbocycles. The summed E-state index contributed by atoms with van der Waals surface area (Å²) < 4.78 is 0. The molecule has 0 aliphatic heterocycles. The summed E-state index contributed by atoms with van der Waals surface area (Å²) in [5, 5.41) is 19.9. The third-order valence-corrected chi connectivity index (χ3v) is 2.34. The van der Waals surface area contributed by atoms with Gasteiger partial charge >= 0.3 is 12.0 Å². The van der Waals surface area contributed by atoms with Crippen LogP contribution in [0.5, 0.6) is 0 Å². The van der Waals surface area contributed by atoms with Gasteiger partial charge in [-0.3, -0.25) is 4.79 Å². The summed E-state index contributed by atoms with van der Waals surface area (Å²) >= 11 is 0. The highest BCUT2D eigenvalue weighted by Gasteiger charge is 2.07. The maximum atomic E-state index is 11.6. The number of carboxylic acids is 1. The molecular weight excluding hydrogens is 236 g/mol. The van der Waals surface area contributed by atoms with Crippen LogP contribution in [0.25, 0.3) is 0 Å². The SMILES string of the molecule is CN(CCO)C(=O)Nc1ccc(CC(=O)O)cc1. The van der Waals surface area contributed by atoms with Crippen molar-refractivity contribution in [3.05, 3.63) is 29.8 Å². The number of amides is 2. The fourth-order valence-corrected chi connectivity index (χ4v) is 1.35. The zero-order valence-corrected chi connectivity index (χ0v) is 10.1. The molecule has 2 amide bonds. The number of rotatable bonds is 5. The van der Waals surface area contributed by atoms with E-state index in [2.05, 4.69) is 5.32 Å². The predicted octanol–water partition coefficient (Wildman–Crippen LogP) is 0.770. The molecule has 0 radical (unpaired) electrons. The summed E-state index contributed by atoms with van der Waals surface area (Å²) in [5.74, 6) is -0.894. The summed E-state index contributed by atoms with van der Waals surface area (Å²) in [5.41, 5.74) is 1.25. The first-order valence-electron chi connectivity index (χ1n) is 5.46. The number of hydrogen-bond donors (Lipinski definition) is 3. The number of nitrogens with zero attached hydrogens (tertiary/aromatic N) is 1. The third-order valence-electron chi connectivity index (χ3n) is 2.34. The topological polar surface area (TPSA) is 89.9 Å². The molecule has 3 N–H and O–H groups in total. The molecule has 98 valence electrons. The van der Waals surface area contributed by atoms with Crippen LogP contribution in [0.3, 0.4) is 0 Å². The molecule has 6 nitrogen and oxygen atoms in total. The quantitative estimate of drug-likeness (QED) is 0.722. The van der Waals surface area contributed by atoms with Crippen molar-refractivity contribution in [2.45, 2.75) is 6.42 Å². The number of hydrogen-bond acceptors (Lipinski definition) is 3. The van der Waals surface area contributed by atoms with Crippen LogP contribution < -0.4 is 5.32 Å². The molecule has 0 aromatic heterocycles. The van der Waals surface area contributed by atoms with Crippen molar-refractivity contribution < 1.29 is 19.8 Å². The molecule has 0 aliphatic rings. The fraction of sp³-hybridized carbons (Fsp3) is 0.333. The van der Waals surface area contributed by atoms with Gasteiger partial charge in [0.15, 0.2) is 0 Å². The van der Waals surface area contributed by atoms with E-state index in [1.807, 2.05) is 0 Å². The summed E-state index contributed by atoms with van der Waals surface area (Å²) in [7, 11) is 1.57. The molecule has 0 saturated carbocycles. The van der Waals surface area contributed by atoms with Crippen LogP contribution in [-0.2, 0) is 11.2 Å². The van der Waals surface area contributed by atoms with Gasteiger partial charge in [-0.25, -0.2) is 4.79 Å². The van der Waals surface area contributed by atoms with E-state index in [9.17, 15) is 9.59 Å². The van der Waals surface area contributed by atoms with Gasteiger partial charge < -0.3 is 20.4 Å². The van der Waals surface area contributed by atoms with E-state index in [0.717, 1.165) is 0 Å². The first-order chi connectivity index (χ1) is 8.52. The number of aliphatic hydroxyl groups excluding tert-OH is 1. The molecule has 0 saturated heterocycles. The number of carbonyl (C=O) groups excluding carboxylic acids is 1. The van der Waals surface area contributed by atoms with Crippen LogP contribution in [0.15, 0.2) is 24.3 Å². The minimum atomic E-state index is -0.894. The average Bonchev–Trinajstić information content (AvgIpc) is 2.31. The minimum Gasteiger partial charge on any atom is -0.481 e. The highest BCUT2D eigenvalue weighted by Crippen LogP contribution is 2.10. The highest BCUT2D eigenvalue weighted by atomic mass is 16.4. The number of likely N-dealkylation sites (N-methyl/N-ethyl adjacent to an activating group) is 1. The number of aliphatic hydroxyl groups is 1. The van der Waals surface area contributed by atoms with E-state index in [1.165, 1.54) is 4.90 Å². The van der Waals surface area contributed by atoms with Gasteiger partial charge in [0.2, 0.25) is 0 Å². The van der Waals surface area contributed by atoms with Crippen LogP contribution >= 0.6 is 0 Å². The van der Waals surface area contributed by atoms with Crippen molar-refractivity contribution >= 4 is 17.7 Å². The summed E-state index contributed by atoms with van der Waals surface area (Å²) in [6.07, 6.45) is -0.0430. The largest absolute Gasteiger partial charge is 0.481 e. The molecule has 0 unspecified atom stereocenters. The smallest absolute Gasteiger partial charge is 0.321 e. The van der Waals surface area contributed by atoms with Crippen molar-refractivity contribution in [3.63, 3.8) is 0 Å². The highest BCUT2D eigenvalue weighted by molar-refractivity contribution is 5.89. The number of aliphatic carboxylic acids is 1. The molecular formula is C12H16N2O4. The Kier molecular flexibility index (Phi) is 5.13. The van der Waals surface area contributed by atoms with E-state index in [1.54, 1.807) is 31.3 Å². The van der Waals surface area contributed by atoms with Gasteiger partial charge in [-0.1, -0.05) is 12.1 Å². The average molecular weight is 252 g/mol. The Morgan fingerprint density at radius 1 is 1.28 bits per heavy atom. The van der Waals surface area contributed by atoms with E-state index in [0.29, 0.717) is 11.3 Å². The molecule has 0 atom stereocenters. The van der Waals surface area contributed by atoms with Crippen LogP contribution in [0, 0.1) is 0 Å². The van der Waals surface area contributed by atoms with Gasteiger partial charge in [-0.15, -0.1) is 0 Å². The molecule has 0 fully saturated rings. The van der Waals surface area contributed by atoms with Crippen molar-refractivity contribution in [2.24, 2.45) is 0 Å². The number of nitrogens with one attached hydrogen (secondary N) is 1. The van der Waals surface area contributed by atoms with Gasteiger partial charge in [-0.2, -0.15) is 0 Å². The Balaban J connectivity index is 2.58. The van der Waals surface area contributed by atoms with Gasteiger partial charge in [0.25, 0.3) is 0 Å². The Bertz CT molecular complexity index is 417. The Hall–Kier alpha value is -2.08. The molecule has 1 aromatic carbocycles. The molecule has 18 heavy (non-hydrogen) atoms. The van der Waals surface area contributed by atoms with Gasteiger partial charge in [-0.05, 0) is 17.7 Å². The Labute approximate surface area is 105 Å². The van der Waals surface area contributed by atoms with Gasteiger partial charge in [0.1, 0.15) is 0 Å². The number of anilines is 1. The second-order valence-corrected chi connectivity index (χ2v) is 3.84. The second kappa shape index (κ2) is 6.61. The number of carbonyl (C=O) groups is 2. The fourth-order valence-electron chi connectivity index (χ4n) is 1.35. The van der Waals surface area contributed by atoms with Crippen LogP contribution in [0.1, 0.15) is 5.56 Å².